The van der Waals surface area contributed by atoms with Gasteiger partial charge in [0.15, 0.2) is 5.82 Å². The van der Waals surface area contributed by atoms with E-state index >= 15 is 0 Å². The summed E-state index contributed by atoms with van der Waals surface area (Å²) in [6.07, 6.45) is -1.60. The molecule has 0 amide bonds. The van der Waals surface area contributed by atoms with Gasteiger partial charge in [0.2, 0.25) is 0 Å². The van der Waals surface area contributed by atoms with E-state index in [9.17, 15) is 13.2 Å². The highest BCUT2D eigenvalue weighted by atomic mass is 19.4. The molecule has 3 rings (SSSR count). The first-order valence-corrected chi connectivity index (χ1v) is 7.26. The van der Waals surface area contributed by atoms with Gasteiger partial charge in [-0.2, -0.15) is 5.10 Å². The normalized spacial score (nSPS) is 11.8. The molecule has 0 aliphatic heterocycles. The molecular weight excluding hydrogens is 333 g/mol. The van der Waals surface area contributed by atoms with Gasteiger partial charge in [0.05, 0.1) is 23.4 Å². The van der Waals surface area contributed by atoms with E-state index in [2.05, 4.69) is 19.8 Å². The maximum absolute atomic E-state index is 12.1. The van der Waals surface area contributed by atoms with Crippen molar-refractivity contribution >= 4 is 23.1 Å². The van der Waals surface area contributed by atoms with Crippen molar-refractivity contribution in [3.8, 4) is 5.75 Å². The predicted molar refractivity (Wildman–Crippen MR) is 88.7 cm³/mol. The molecule has 2 aromatic carbocycles. The number of benzene rings is 2. The fourth-order valence-electron chi connectivity index (χ4n) is 2.07. The van der Waals surface area contributed by atoms with Gasteiger partial charge in [-0.05, 0) is 42.0 Å². The van der Waals surface area contributed by atoms with Gasteiger partial charge >= 0.3 is 6.36 Å². The van der Waals surface area contributed by atoms with Crippen molar-refractivity contribution in [2.24, 2.45) is 5.10 Å². The van der Waals surface area contributed by atoms with Gasteiger partial charge in [0, 0.05) is 7.05 Å². The van der Waals surface area contributed by atoms with Gasteiger partial charge in [-0.1, -0.05) is 12.1 Å². The van der Waals surface area contributed by atoms with Crippen LogP contribution in [0.5, 0.6) is 5.75 Å². The van der Waals surface area contributed by atoms with Crippen molar-refractivity contribution in [3.63, 3.8) is 0 Å². The van der Waals surface area contributed by atoms with Crippen LogP contribution in [-0.2, 0) is 0 Å². The zero-order valence-corrected chi connectivity index (χ0v) is 13.1. The van der Waals surface area contributed by atoms with Gasteiger partial charge in [0.25, 0.3) is 0 Å². The summed E-state index contributed by atoms with van der Waals surface area (Å²) in [5, 5.41) is 5.75. The van der Waals surface area contributed by atoms with Crippen LogP contribution >= 0.6 is 0 Å². The van der Waals surface area contributed by atoms with Crippen LogP contribution in [0.15, 0.2) is 59.8 Å². The Morgan fingerprint density at radius 2 is 1.72 bits per heavy atom. The van der Waals surface area contributed by atoms with Gasteiger partial charge < -0.3 is 4.74 Å². The number of hydrogen-bond acceptors (Lipinski definition) is 5. The molecule has 1 aromatic heterocycles. The molecule has 3 aromatic rings. The topological polar surface area (TPSA) is 50.6 Å². The molecule has 0 bridgehead atoms. The average Bonchev–Trinajstić information content (AvgIpc) is 2.59. The maximum atomic E-state index is 12.1. The van der Waals surface area contributed by atoms with Crippen molar-refractivity contribution < 1.29 is 17.9 Å². The summed E-state index contributed by atoms with van der Waals surface area (Å²) in [6.45, 7) is 0. The summed E-state index contributed by atoms with van der Waals surface area (Å²) in [6, 6.07) is 12.9. The van der Waals surface area contributed by atoms with E-state index in [1.54, 1.807) is 13.2 Å². The van der Waals surface area contributed by atoms with Crippen LogP contribution in [0.25, 0.3) is 11.0 Å². The SMILES string of the molecule is CN(/N=C/c1ccc(OC(F)(F)F)cc1)c1cnc2ccccc2n1. The van der Waals surface area contributed by atoms with Crippen molar-refractivity contribution in [2.45, 2.75) is 6.36 Å². The Balaban J connectivity index is 1.71. The van der Waals surface area contributed by atoms with E-state index in [-0.39, 0.29) is 5.75 Å². The van der Waals surface area contributed by atoms with Gasteiger partial charge in [0.1, 0.15) is 5.75 Å². The minimum atomic E-state index is -4.70. The Morgan fingerprint density at radius 1 is 1.04 bits per heavy atom. The smallest absolute Gasteiger partial charge is 0.406 e. The zero-order valence-electron chi connectivity index (χ0n) is 13.1. The number of hydrogen-bond donors (Lipinski definition) is 0. The molecule has 0 unspecified atom stereocenters. The monoisotopic (exact) mass is 346 g/mol. The third kappa shape index (κ3) is 4.43. The first-order valence-electron chi connectivity index (χ1n) is 7.26. The minimum absolute atomic E-state index is 0.279. The Hall–Kier alpha value is -3.16. The van der Waals surface area contributed by atoms with E-state index < -0.39 is 6.36 Å². The quantitative estimate of drug-likeness (QED) is 0.529. The van der Waals surface area contributed by atoms with Crippen LogP contribution in [0, 0.1) is 0 Å². The number of aromatic nitrogens is 2. The fraction of sp³-hybridized carbons (Fsp3) is 0.118. The minimum Gasteiger partial charge on any atom is -0.406 e. The number of nitrogens with zero attached hydrogens (tertiary/aromatic N) is 4. The highest BCUT2D eigenvalue weighted by molar-refractivity contribution is 5.81. The first kappa shape index (κ1) is 16.7. The van der Waals surface area contributed by atoms with Crippen molar-refractivity contribution in [1.29, 1.82) is 0 Å². The lowest BCUT2D eigenvalue weighted by Crippen LogP contribution is -2.17. The largest absolute Gasteiger partial charge is 0.573 e. The molecule has 8 heteroatoms. The predicted octanol–water partition coefficient (Wildman–Crippen LogP) is 4.00. The molecule has 0 spiro atoms. The summed E-state index contributed by atoms with van der Waals surface area (Å²) < 4.78 is 40.2. The summed E-state index contributed by atoms with van der Waals surface area (Å²) in [5.41, 5.74) is 2.15. The van der Waals surface area contributed by atoms with Gasteiger partial charge in [-0.15, -0.1) is 13.2 Å². The number of anilines is 1. The highest BCUT2D eigenvalue weighted by Crippen LogP contribution is 2.22. The molecule has 0 N–H and O–H groups in total. The van der Waals surface area contributed by atoms with Gasteiger partial charge in [-0.3, -0.25) is 4.98 Å². The third-order valence-corrected chi connectivity index (χ3v) is 3.26. The molecule has 128 valence electrons. The van der Waals surface area contributed by atoms with E-state index in [1.165, 1.54) is 35.5 Å². The molecule has 0 aliphatic carbocycles. The number of para-hydroxylation sites is 2. The average molecular weight is 346 g/mol. The number of hydrazone groups is 1. The lowest BCUT2D eigenvalue weighted by atomic mass is 10.2. The maximum Gasteiger partial charge on any atom is 0.573 e. The van der Waals surface area contributed by atoms with Crippen LogP contribution in [0.3, 0.4) is 0 Å². The second kappa shape index (κ2) is 6.76. The summed E-state index contributed by atoms with van der Waals surface area (Å²) in [7, 11) is 1.70. The van der Waals surface area contributed by atoms with Crippen LogP contribution < -0.4 is 9.75 Å². The van der Waals surface area contributed by atoms with Crippen LogP contribution in [-0.4, -0.2) is 29.6 Å². The number of halogens is 3. The zero-order chi connectivity index (χ0) is 17.9. The van der Waals surface area contributed by atoms with Gasteiger partial charge in [-0.25, -0.2) is 9.99 Å². The summed E-state index contributed by atoms with van der Waals surface area (Å²) in [5.74, 6) is 0.269. The Morgan fingerprint density at radius 3 is 2.40 bits per heavy atom. The number of rotatable bonds is 4. The Labute approximate surface area is 141 Å². The number of ether oxygens (including phenoxy) is 1. The molecule has 1 heterocycles. The molecule has 0 fully saturated rings. The molecule has 0 saturated carbocycles. The van der Waals surface area contributed by atoms with Crippen molar-refractivity contribution in [2.75, 3.05) is 12.1 Å². The van der Waals surface area contributed by atoms with Crippen LogP contribution in [0.4, 0.5) is 19.0 Å². The molecule has 0 radical (unpaired) electrons. The van der Waals surface area contributed by atoms with Crippen molar-refractivity contribution in [3.05, 3.63) is 60.3 Å². The lowest BCUT2D eigenvalue weighted by molar-refractivity contribution is -0.274. The number of fused-ring (bicyclic) bond motifs is 1. The molecule has 0 saturated heterocycles. The summed E-state index contributed by atoms with van der Waals surface area (Å²) >= 11 is 0. The Kier molecular flexibility index (Phi) is 4.51. The third-order valence-electron chi connectivity index (χ3n) is 3.26. The first-order chi connectivity index (χ1) is 11.9. The van der Waals surface area contributed by atoms with E-state index in [0.29, 0.717) is 11.4 Å². The second-order valence-electron chi connectivity index (χ2n) is 5.10. The van der Waals surface area contributed by atoms with Crippen LogP contribution in [0.1, 0.15) is 5.56 Å². The van der Waals surface area contributed by atoms with E-state index in [0.717, 1.165) is 11.0 Å². The van der Waals surface area contributed by atoms with E-state index in [4.69, 9.17) is 0 Å². The summed E-state index contributed by atoms with van der Waals surface area (Å²) in [4.78, 5) is 8.75. The highest BCUT2D eigenvalue weighted by Gasteiger charge is 2.30. The molecular formula is C17H13F3N4O. The Bertz CT molecular complexity index is 894. The molecule has 5 nitrogen and oxygen atoms in total. The standard InChI is InChI=1S/C17H13F3N4O/c1-24(16-11-21-14-4-2-3-5-15(14)23-16)22-10-12-6-8-13(9-7-12)25-17(18,19)20/h2-11H,1H3/b22-10+. The molecule has 0 atom stereocenters. The number of alkyl halides is 3. The van der Waals surface area contributed by atoms with Crippen molar-refractivity contribution in [1.82, 2.24) is 9.97 Å². The second-order valence-corrected chi connectivity index (χ2v) is 5.10. The molecule has 0 aliphatic rings. The lowest BCUT2D eigenvalue weighted by Gasteiger charge is -2.12. The fourth-order valence-corrected chi connectivity index (χ4v) is 2.07. The van der Waals surface area contributed by atoms with Crippen LogP contribution in [0.2, 0.25) is 0 Å². The molecule has 25 heavy (non-hydrogen) atoms. The van der Waals surface area contributed by atoms with E-state index in [1.807, 2.05) is 24.3 Å².